The van der Waals surface area contributed by atoms with Crippen LogP contribution in [0.25, 0.3) is 11.3 Å². The Balaban J connectivity index is 1.33. The Morgan fingerprint density at radius 2 is 1.58 bits per heavy atom. The standard InChI is InChI=1S/C23H18FN3O4/c24-19-6-2-1-5-18(19)20-11-12-21(31-20)22(28)26-15-7-9-16(10-8-15)27-23(29)25-14-17-4-3-13-30-17/h1-13H,14H2,(H,26,28)(H2,25,27,29). The molecule has 4 aromatic rings. The molecular formula is C23H18FN3O4. The fraction of sp³-hybridized carbons (Fsp3) is 0.0435. The number of amides is 3. The normalized spacial score (nSPS) is 10.5. The van der Waals surface area contributed by atoms with Crippen LogP contribution in [0, 0.1) is 5.82 Å². The predicted octanol–water partition coefficient (Wildman–Crippen LogP) is 5.25. The Hall–Kier alpha value is -4.33. The van der Waals surface area contributed by atoms with Gasteiger partial charge in [0.2, 0.25) is 0 Å². The van der Waals surface area contributed by atoms with Gasteiger partial charge in [-0.05, 0) is 60.7 Å². The van der Waals surface area contributed by atoms with Crippen molar-refractivity contribution >= 4 is 23.3 Å². The van der Waals surface area contributed by atoms with Crippen molar-refractivity contribution in [2.75, 3.05) is 10.6 Å². The predicted molar refractivity (Wildman–Crippen MR) is 113 cm³/mol. The third-order valence-electron chi connectivity index (χ3n) is 4.37. The number of carbonyl (C=O) groups is 2. The smallest absolute Gasteiger partial charge is 0.319 e. The molecule has 0 aliphatic heterocycles. The van der Waals surface area contributed by atoms with Crippen molar-refractivity contribution in [3.8, 4) is 11.3 Å². The highest BCUT2D eigenvalue weighted by Gasteiger charge is 2.14. The number of halogens is 1. The highest BCUT2D eigenvalue weighted by Crippen LogP contribution is 2.25. The van der Waals surface area contributed by atoms with Crippen LogP contribution in [0.2, 0.25) is 0 Å². The van der Waals surface area contributed by atoms with E-state index in [1.165, 1.54) is 18.4 Å². The lowest BCUT2D eigenvalue weighted by atomic mass is 10.1. The molecule has 0 bridgehead atoms. The first-order valence-electron chi connectivity index (χ1n) is 9.42. The number of rotatable bonds is 6. The molecule has 0 aliphatic rings. The van der Waals surface area contributed by atoms with Gasteiger partial charge in [0, 0.05) is 11.4 Å². The molecule has 0 aliphatic carbocycles. The van der Waals surface area contributed by atoms with Gasteiger partial charge in [-0.3, -0.25) is 4.79 Å². The average Bonchev–Trinajstić information content (AvgIpc) is 3.46. The van der Waals surface area contributed by atoms with E-state index in [0.29, 0.717) is 17.1 Å². The van der Waals surface area contributed by atoms with Gasteiger partial charge >= 0.3 is 6.03 Å². The molecule has 7 nitrogen and oxygen atoms in total. The lowest BCUT2D eigenvalue weighted by Gasteiger charge is -2.08. The molecule has 0 radical (unpaired) electrons. The van der Waals surface area contributed by atoms with Crippen molar-refractivity contribution in [1.82, 2.24) is 5.32 Å². The molecule has 8 heteroatoms. The summed E-state index contributed by atoms with van der Waals surface area (Å²) < 4.78 is 24.5. The van der Waals surface area contributed by atoms with E-state index >= 15 is 0 Å². The largest absolute Gasteiger partial charge is 0.467 e. The van der Waals surface area contributed by atoms with Crippen molar-refractivity contribution in [3.63, 3.8) is 0 Å². The summed E-state index contributed by atoms with van der Waals surface area (Å²) in [6.07, 6.45) is 1.53. The Morgan fingerprint density at radius 1 is 0.839 bits per heavy atom. The van der Waals surface area contributed by atoms with Crippen molar-refractivity contribution in [3.05, 3.63) is 96.4 Å². The lowest BCUT2D eigenvalue weighted by molar-refractivity contribution is 0.0997. The average molecular weight is 419 g/mol. The van der Waals surface area contributed by atoms with Gasteiger partial charge in [0.05, 0.1) is 18.4 Å². The van der Waals surface area contributed by atoms with E-state index in [2.05, 4.69) is 16.0 Å². The Kier molecular flexibility index (Phi) is 5.79. The molecule has 156 valence electrons. The first kappa shape index (κ1) is 20.0. The number of urea groups is 1. The van der Waals surface area contributed by atoms with Gasteiger partial charge in [0.25, 0.3) is 5.91 Å². The van der Waals surface area contributed by atoms with E-state index in [1.54, 1.807) is 60.7 Å². The molecule has 2 aromatic heterocycles. The summed E-state index contributed by atoms with van der Waals surface area (Å²) in [7, 11) is 0. The fourth-order valence-corrected chi connectivity index (χ4v) is 2.85. The van der Waals surface area contributed by atoms with Crippen LogP contribution in [0.5, 0.6) is 0 Å². The van der Waals surface area contributed by atoms with Crippen LogP contribution in [0.3, 0.4) is 0 Å². The Bertz CT molecular complexity index is 1180. The summed E-state index contributed by atoms with van der Waals surface area (Å²) >= 11 is 0. The Labute approximate surface area is 176 Å². The second-order valence-electron chi connectivity index (χ2n) is 6.56. The molecule has 0 fully saturated rings. The van der Waals surface area contributed by atoms with Gasteiger partial charge in [-0.15, -0.1) is 0 Å². The molecule has 2 heterocycles. The zero-order valence-electron chi connectivity index (χ0n) is 16.2. The maximum absolute atomic E-state index is 13.9. The van der Waals surface area contributed by atoms with Crippen LogP contribution >= 0.6 is 0 Å². The minimum atomic E-state index is -0.473. The minimum Gasteiger partial charge on any atom is -0.467 e. The molecule has 4 rings (SSSR count). The van der Waals surface area contributed by atoms with E-state index in [0.717, 1.165) is 0 Å². The molecule has 0 unspecified atom stereocenters. The zero-order chi connectivity index (χ0) is 21.6. The van der Waals surface area contributed by atoms with Gasteiger partial charge in [0.15, 0.2) is 5.76 Å². The monoisotopic (exact) mass is 419 g/mol. The van der Waals surface area contributed by atoms with E-state index in [9.17, 15) is 14.0 Å². The summed E-state index contributed by atoms with van der Waals surface area (Å²) in [5, 5.41) is 8.05. The SMILES string of the molecule is O=C(NCc1ccco1)Nc1ccc(NC(=O)c2ccc(-c3ccccc3F)o2)cc1. The third-order valence-corrected chi connectivity index (χ3v) is 4.37. The zero-order valence-corrected chi connectivity index (χ0v) is 16.2. The Morgan fingerprint density at radius 3 is 2.29 bits per heavy atom. The molecule has 2 aromatic carbocycles. The van der Waals surface area contributed by atoms with Gasteiger partial charge in [0.1, 0.15) is 17.3 Å². The number of carbonyl (C=O) groups excluding carboxylic acids is 2. The fourth-order valence-electron chi connectivity index (χ4n) is 2.85. The second kappa shape index (κ2) is 9.00. The summed E-state index contributed by atoms with van der Waals surface area (Å²) in [4.78, 5) is 24.3. The van der Waals surface area contributed by atoms with Crippen LogP contribution in [0.15, 0.2) is 87.9 Å². The number of hydrogen-bond acceptors (Lipinski definition) is 4. The van der Waals surface area contributed by atoms with Crippen LogP contribution in [-0.2, 0) is 6.54 Å². The van der Waals surface area contributed by atoms with Crippen molar-refractivity contribution in [2.45, 2.75) is 6.54 Å². The molecule has 31 heavy (non-hydrogen) atoms. The van der Waals surface area contributed by atoms with Crippen LogP contribution < -0.4 is 16.0 Å². The van der Waals surface area contributed by atoms with E-state index < -0.39 is 11.7 Å². The van der Waals surface area contributed by atoms with Crippen LogP contribution in [0.1, 0.15) is 16.3 Å². The van der Waals surface area contributed by atoms with Gasteiger partial charge in [-0.2, -0.15) is 0 Å². The molecule has 0 saturated carbocycles. The minimum absolute atomic E-state index is 0.0535. The summed E-state index contributed by atoms with van der Waals surface area (Å²) in [6.45, 7) is 0.269. The second-order valence-corrected chi connectivity index (χ2v) is 6.56. The quantitative estimate of drug-likeness (QED) is 0.398. The maximum atomic E-state index is 13.9. The molecule has 0 spiro atoms. The topological polar surface area (TPSA) is 96.5 Å². The first-order chi connectivity index (χ1) is 15.1. The molecule has 0 atom stereocenters. The van der Waals surface area contributed by atoms with Crippen molar-refractivity contribution in [2.24, 2.45) is 0 Å². The van der Waals surface area contributed by atoms with Gasteiger partial charge < -0.3 is 24.8 Å². The van der Waals surface area contributed by atoms with Gasteiger partial charge in [-0.25, -0.2) is 9.18 Å². The summed E-state index contributed by atoms with van der Waals surface area (Å²) in [6, 6.07) is 18.9. The molecule has 3 amide bonds. The number of benzene rings is 2. The number of nitrogens with one attached hydrogen (secondary N) is 3. The molecular weight excluding hydrogens is 401 g/mol. The van der Waals surface area contributed by atoms with Crippen LogP contribution in [-0.4, -0.2) is 11.9 Å². The summed E-state index contributed by atoms with van der Waals surface area (Å²) in [5.74, 6) is 0.0602. The van der Waals surface area contributed by atoms with E-state index in [1.807, 2.05) is 0 Å². The molecule has 3 N–H and O–H groups in total. The van der Waals surface area contributed by atoms with E-state index in [-0.39, 0.29) is 29.7 Å². The van der Waals surface area contributed by atoms with Crippen molar-refractivity contribution < 1.29 is 22.8 Å². The third kappa shape index (κ3) is 4.99. The maximum Gasteiger partial charge on any atom is 0.319 e. The molecule has 0 saturated heterocycles. The van der Waals surface area contributed by atoms with Crippen molar-refractivity contribution in [1.29, 1.82) is 0 Å². The number of anilines is 2. The number of hydrogen-bond donors (Lipinski definition) is 3. The number of furan rings is 2. The van der Waals surface area contributed by atoms with Crippen LogP contribution in [0.4, 0.5) is 20.6 Å². The first-order valence-corrected chi connectivity index (χ1v) is 9.42. The van der Waals surface area contributed by atoms with Gasteiger partial charge in [-0.1, -0.05) is 12.1 Å². The highest BCUT2D eigenvalue weighted by molar-refractivity contribution is 6.02. The van der Waals surface area contributed by atoms with E-state index in [4.69, 9.17) is 8.83 Å². The lowest BCUT2D eigenvalue weighted by Crippen LogP contribution is -2.27. The highest BCUT2D eigenvalue weighted by atomic mass is 19.1. The summed E-state index contributed by atoms with van der Waals surface area (Å²) in [5.41, 5.74) is 1.34.